The number of halogens is 2. The molecule has 4 heteroatoms. The SMILES string of the molecule is N/C(=C(\S)CF)c1ccc(Cl)cc1. The Labute approximate surface area is 86.8 Å². The molecule has 2 N–H and O–H groups in total. The van der Waals surface area contributed by atoms with Crippen LogP contribution in [0.15, 0.2) is 29.2 Å². The van der Waals surface area contributed by atoms with E-state index in [9.17, 15) is 4.39 Å². The minimum atomic E-state index is -0.655. The van der Waals surface area contributed by atoms with Crippen LogP contribution < -0.4 is 5.73 Å². The van der Waals surface area contributed by atoms with Gasteiger partial charge in [-0.3, -0.25) is 0 Å². The third-order valence-electron chi connectivity index (χ3n) is 1.59. The topological polar surface area (TPSA) is 26.0 Å². The molecule has 0 saturated carbocycles. The Kier molecular flexibility index (Phi) is 3.63. The molecule has 0 atom stereocenters. The van der Waals surface area contributed by atoms with Gasteiger partial charge in [-0.15, -0.1) is 12.6 Å². The minimum Gasteiger partial charge on any atom is -0.398 e. The Balaban J connectivity index is 3.02. The van der Waals surface area contributed by atoms with Crippen LogP contribution in [0.2, 0.25) is 5.02 Å². The number of benzene rings is 1. The summed E-state index contributed by atoms with van der Waals surface area (Å²) >= 11 is 9.59. The van der Waals surface area contributed by atoms with E-state index in [-0.39, 0.29) is 4.91 Å². The van der Waals surface area contributed by atoms with Crippen molar-refractivity contribution in [3.8, 4) is 0 Å². The lowest BCUT2D eigenvalue weighted by Crippen LogP contribution is -1.99. The number of hydrogen-bond donors (Lipinski definition) is 2. The molecule has 0 aliphatic heterocycles. The van der Waals surface area contributed by atoms with Crippen LogP contribution in [0.4, 0.5) is 4.39 Å². The highest BCUT2D eigenvalue weighted by atomic mass is 35.5. The van der Waals surface area contributed by atoms with Gasteiger partial charge in [-0.2, -0.15) is 0 Å². The van der Waals surface area contributed by atoms with Gasteiger partial charge in [0.25, 0.3) is 0 Å². The van der Waals surface area contributed by atoms with Crippen molar-refractivity contribution in [2.75, 3.05) is 6.67 Å². The van der Waals surface area contributed by atoms with E-state index in [2.05, 4.69) is 12.6 Å². The van der Waals surface area contributed by atoms with Gasteiger partial charge in [0.1, 0.15) is 6.67 Å². The molecule has 0 aromatic heterocycles. The Hall–Kier alpha value is -0.670. The van der Waals surface area contributed by atoms with E-state index in [0.29, 0.717) is 10.7 Å². The zero-order valence-electron chi connectivity index (χ0n) is 6.80. The molecule has 1 rings (SSSR count). The molecule has 0 saturated heterocycles. The van der Waals surface area contributed by atoms with Crippen LogP contribution in [0.5, 0.6) is 0 Å². The van der Waals surface area contributed by atoms with Gasteiger partial charge in [-0.25, -0.2) is 4.39 Å². The lowest BCUT2D eigenvalue weighted by molar-refractivity contribution is 0.558. The van der Waals surface area contributed by atoms with E-state index in [0.717, 1.165) is 5.56 Å². The van der Waals surface area contributed by atoms with Gasteiger partial charge < -0.3 is 5.73 Å². The van der Waals surface area contributed by atoms with Crippen molar-refractivity contribution >= 4 is 29.9 Å². The number of thiol groups is 1. The van der Waals surface area contributed by atoms with Crippen molar-refractivity contribution in [3.05, 3.63) is 39.8 Å². The summed E-state index contributed by atoms with van der Waals surface area (Å²) in [7, 11) is 0. The highest BCUT2D eigenvalue weighted by molar-refractivity contribution is 7.84. The third-order valence-corrected chi connectivity index (χ3v) is 2.21. The van der Waals surface area contributed by atoms with Gasteiger partial charge in [0.2, 0.25) is 0 Å². The Bertz CT molecular complexity index is 321. The van der Waals surface area contributed by atoms with Crippen molar-refractivity contribution in [1.82, 2.24) is 0 Å². The molecular weight excluding hydrogens is 209 g/mol. The molecule has 0 bridgehead atoms. The summed E-state index contributed by atoms with van der Waals surface area (Å²) in [6.45, 7) is -0.655. The highest BCUT2D eigenvalue weighted by Gasteiger charge is 2.01. The molecule has 1 nitrogen and oxygen atoms in total. The van der Waals surface area contributed by atoms with Crippen LogP contribution >= 0.6 is 24.2 Å². The molecule has 0 fully saturated rings. The van der Waals surface area contributed by atoms with Crippen LogP contribution in [0.1, 0.15) is 5.56 Å². The molecule has 0 amide bonds. The molecule has 0 unspecified atom stereocenters. The maximum Gasteiger partial charge on any atom is 0.122 e. The Morgan fingerprint density at radius 2 is 1.92 bits per heavy atom. The second-order valence-electron chi connectivity index (χ2n) is 2.50. The quantitative estimate of drug-likeness (QED) is 0.732. The normalized spacial score (nSPS) is 12.5. The molecule has 13 heavy (non-hydrogen) atoms. The second kappa shape index (κ2) is 4.53. The molecule has 0 heterocycles. The largest absolute Gasteiger partial charge is 0.398 e. The number of allylic oxidation sites excluding steroid dienone is 1. The van der Waals surface area contributed by atoms with E-state index in [4.69, 9.17) is 17.3 Å². The molecule has 1 aromatic rings. The van der Waals surface area contributed by atoms with Gasteiger partial charge in [0.15, 0.2) is 0 Å². The van der Waals surface area contributed by atoms with Gasteiger partial charge in [0.05, 0.1) is 5.70 Å². The molecule has 0 aliphatic carbocycles. The smallest absolute Gasteiger partial charge is 0.122 e. The predicted molar refractivity (Wildman–Crippen MR) is 57.5 cm³/mol. The van der Waals surface area contributed by atoms with Gasteiger partial charge in [-0.1, -0.05) is 23.7 Å². The lowest BCUT2D eigenvalue weighted by Gasteiger charge is -2.03. The fourth-order valence-electron chi connectivity index (χ4n) is 0.868. The number of rotatable bonds is 2. The number of nitrogens with two attached hydrogens (primary N) is 1. The van der Waals surface area contributed by atoms with E-state index < -0.39 is 6.67 Å². The average Bonchev–Trinajstić information content (AvgIpc) is 2.17. The first kappa shape index (κ1) is 10.4. The first-order valence-electron chi connectivity index (χ1n) is 3.64. The van der Waals surface area contributed by atoms with Crippen LogP contribution in [-0.2, 0) is 0 Å². The summed E-state index contributed by atoms with van der Waals surface area (Å²) in [5.41, 5.74) is 6.70. The fraction of sp³-hybridized carbons (Fsp3) is 0.111. The van der Waals surface area contributed by atoms with Crippen LogP contribution in [0.3, 0.4) is 0 Å². The fourth-order valence-corrected chi connectivity index (χ4v) is 1.12. The summed E-state index contributed by atoms with van der Waals surface area (Å²) < 4.78 is 12.2. The summed E-state index contributed by atoms with van der Waals surface area (Å²) in [6.07, 6.45) is 0. The maximum absolute atomic E-state index is 12.2. The van der Waals surface area contributed by atoms with Crippen molar-refractivity contribution < 1.29 is 4.39 Å². The van der Waals surface area contributed by atoms with Gasteiger partial charge >= 0.3 is 0 Å². The Morgan fingerprint density at radius 3 is 2.38 bits per heavy atom. The van der Waals surface area contributed by atoms with E-state index in [1.807, 2.05) is 0 Å². The average molecular weight is 218 g/mol. The predicted octanol–water partition coefficient (Wildman–Crippen LogP) is 2.87. The number of hydrogen-bond acceptors (Lipinski definition) is 2. The highest BCUT2D eigenvalue weighted by Crippen LogP contribution is 2.18. The molecule has 0 radical (unpaired) electrons. The minimum absolute atomic E-state index is 0.238. The standard InChI is InChI=1S/C9H9ClFNS/c10-7-3-1-6(2-4-7)9(12)8(13)5-11/h1-4,13H,5,12H2/b9-8-. The molecule has 0 spiro atoms. The van der Waals surface area contributed by atoms with Crippen molar-refractivity contribution in [3.63, 3.8) is 0 Å². The molecule has 70 valence electrons. The Morgan fingerprint density at radius 1 is 1.38 bits per heavy atom. The van der Waals surface area contributed by atoms with Crippen LogP contribution in [0, 0.1) is 0 Å². The van der Waals surface area contributed by atoms with Crippen molar-refractivity contribution in [1.29, 1.82) is 0 Å². The zero-order valence-corrected chi connectivity index (χ0v) is 8.45. The van der Waals surface area contributed by atoms with Crippen LogP contribution in [0.25, 0.3) is 5.70 Å². The number of alkyl halides is 1. The first-order valence-corrected chi connectivity index (χ1v) is 4.47. The maximum atomic E-state index is 12.2. The monoisotopic (exact) mass is 217 g/mol. The summed E-state index contributed by atoms with van der Waals surface area (Å²) in [6, 6.07) is 6.85. The third kappa shape index (κ3) is 2.64. The molecule has 0 aliphatic rings. The summed E-state index contributed by atoms with van der Waals surface area (Å²) in [4.78, 5) is 0.238. The molecular formula is C9H9ClFNS. The van der Waals surface area contributed by atoms with Gasteiger partial charge in [-0.05, 0) is 17.7 Å². The first-order chi connectivity index (χ1) is 6.15. The molecule has 1 aromatic carbocycles. The second-order valence-corrected chi connectivity index (χ2v) is 3.48. The van der Waals surface area contributed by atoms with E-state index >= 15 is 0 Å². The van der Waals surface area contributed by atoms with Gasteiger partial charge in [0, 0.05) is 9.93 Å². The zero-order chi connectivity index (χ0) is 9.84. The lowest BCUT2D eigenvalue weighted by atomic mass is 10.1. The van der Waals surface area contributed by atoms with Crippen molar-refractivity contribution in [2.45, 2.75) is 0 Å². The summed E-state index contributed by atoms with van der Waals surface area (Å²) in [5.74, 6) is 0. The van der Waals surface area contributed by atoms with Crippen molar-refractivity contribution in [2.24, 2.45) is 5.73 Å². The van der Waals surface area contributed by atoms with Crippen LogP contribution in [-0.4, -0.2) is 6.67 Å². The summed E-state index contributed by atoms with van der Waals surface area (Å²) in [5, 5.41) is 0.623. The van der Waals surface area contributed by atoms with E-state index in [1.54, 1.807) is 24.3 Å². The van der Waals surface area contributed by atoms with E-state index in [1.165, 1.54) is 0 Å².